The first kappa shape index (κ1) is 10.9. The molecule has 0 amide bonds. The molecule has 15 heavy (non-hydrogen) atoms. The Balaban J connectivity index is 2.72. The van der Waals surface area contributed by atoms with Crippen LogP contribution in [0.15, 0.2) is 35.3 Å². The third kappa shape index (κ3) is 3.24. The fourth-order valence-electron chi connectivity index (χ4n) is 0.996. The molecule has 0 saturated carbocycles. The Bertz CT molecular complexity index is 404. The van der Waals surface area contributed by atoms with Gasteiger partial charge in [-0.15, -0.1) is 0 Å². The van der Waals surface area contributed by atoms with E-state index < -0.39 is 5.97 Å². The molecule has 0 spiro atoms. The third-order valence-electron chi connectivity index (χ3n) is 1.75. The first-order chi connectivity index (χ1) is 7.27. The largest absolute Gasteiger partial charge is 0.464 e. The number of hydrogen-bond acceptors (Lipinski definition) is 4. The van der Waals surface area contributed by atoms with E-state index in [2.05, 4.69) is 9.73 Å². The smallest absolute Gasteiger partial charge is 0.367 e. The van der Waals surface area contributed by atoms with Crippen LogP contribution >= 0.6 is 0 Å². The van der Waals surface area contributed by atoms with Gasteiger partial charge in [0.15, 0.2) is 0 Å². The third-order valence-corrected chi connectivity index (χ3v) is 1.75. The van der Waals surface area contributed by atoms with Crippen molar-refractivity contribution in [1.82, 2.24) is 0 Å². The number of esters is 1. The summed E-state index contributed by atoms with van der Waals surface area (Å²) < 4.78 is 4.40. The van der Waals surface area contributed by atoms with Crippen LogP contribution in [0.25, 0.3) is 0 Å². The molecular formula is C11H10N2O2. The lowest BCUT2D eigenvalue weighted by Gasteiger charge is -1.97. The summed E-state index contributed by atoms with van der Waals surface area (Å²) in [6, 6.07) is 11.1. The van der Waals surface area contributed by atoms with Crippen LogP contribution in [-0.2, 0) is 16.1 Å². The van der Waals surface area contributed by atoms with E-state index in [1.165, 1.54) is 7.11 Å². The highest BCUT2D eigenvalue weighted by Gasteiger charge is 2.09. The molecule has 0 aliphatic rings. The molecule has 0 heterocycles. The molecule has 76 valence electrons. The van der Waals surface area contributed by atoms with E-state index in [0.29, 0.717) is 6.54 Å². The van der Waals surface area contributed by atoms with Crippen molar-refractivity contribution in [3.8, 4) is 6.07 Å². The van der Waals surface area contributed by atoms with E-state index in [4.69, 9.17) is 5.26 Å². The van der Waals surface area contributed by atoms with Crippen LogP contribution in [0.3, 0.4) is 0 Å². The fraction of sp³-hybridized carbons (Fsp3) is 0.182. The predicted octanol–water partition coefficient (Wildman–Crippen LogP) is 1.32. The second kappa shape index (κ2) is 5.55. The van der Waals surface area contributed by atoms with Crippen molar-refractivity contribution in [3.05, 3.63) is 35.9 Å². The maximum Gasteiger partial charge on any atom is 0.367 e. The molecule has 0 unspecified atom stereocenters. The molecule has 0 fully saturated rings. The van der Waals surface area contributed by atoms with E-state index in [0.717, 1.165) is 5.56 Å². The Morgan fingerprint density at radius 1 is 1.47 bits per heavy atom. The second-order valence-corrected chi connectivity index (χ2v) is 2.75. The SMILES string of the molecule is COC(=O)C(C#N)=NCc1ccccc1. The summed E-state index contributed by atoms with van der Waals surface area (Å²) in [6.45, 7) is 0.304. The zero-order valence-electron chi connectivity index (χ0n) is 8.30. The van der Waals surface area contributed by atoms with Crippen LogP contribution in [0.2, 0.25) is 0 Å². The molecule has 0 atom stereocenters. The topological polar surface area (TPSA) is 62.5 Å². The van der Waals surface area contributed by atoms with Crippen LogP contribution in [0.4, 0.5) is 0 Å². The van der Waals surface area contributed by atoms with Gasteiger partial charge in [0.2, 0.25) is 5.71 Å². The highest BCUT2D eigenvalue weighted by molar-refractivity contribution is 6.43. The number of aliphatic imine (C=N–C) groups is 1. The van der Waals surface area contributed by atoms with Crippen molar-refractivity contribution < 1.29 is 9.53 Å². The molecule has 0 saturated heterocycles. The summed E-state index contributed by atoms with van der Waals surface area (Å²) in [5, 5.41) is 8.62. The molecule has 4 nitrogen and oxygen atoms in total. The summed E-state index contributed by atoms with van der Waals surface area (Å²) >= 11 is 0. The number of carbonyl (C=O) groups is 1. The van der Waals surface area contributed by atoms with Crippen molar-refractivity contribution in [2.45, 2.75) is 6.54 Å². The van der Waals surface area contributed by atoms with Gasteiger partial charge in [0.1, 0.15) is 6.07 Å². The number of carbonyl (C=O) groups excluding carboxylic acids is 1. The van der Waals surface area contributed by atoms with Gasteiger partial charge in [-0.05, 0) is 5.56 Å². The van der Waals surface area contributed by atoms with E-state index in [1.54, 1.807) is 6.07 Å². The molecule has 1 aromatic carbocycles. The van der Waals surface area contributed by atoms with Gasteiger partial charge in [0, 0.05) is 0 Å². The van der Waals surface area contributed by atoms with Crippen LogP contribution in [0, 0.1) is 11.3 Å². The van der Waals surface area contributed by atoms with Crippen LogP contribution in [0.1, 0.15) is 5.56 Å². The summed E-state index contributed by atoms with van der Waals surface area (Å²) in [6.07, 6.45) is 0. The lowest BCUT2D eigenvalue weighted by Crippen LogP contribution is -2.13. The van der Waals surface area contributed by atoms with Crippen molar-refractivity contribution >= 4 is 11.7 Å². The van der Waals surface area contributed by atoms with Gasteiger partial charge in [-0.25, -0.2) is 4.79 Å². The van der Waals surface area contributed by atoms with E-state index in [-0.39, 0.29) is 5.71 Å². The van der Waals surface area contributed by atoms with Gasteiger partial charge in [-0.1, -0.05) is 30.3 Å². The van der Waals surface area contributed by atoms with E-state index in [9.17, 15) is 4.79 Å². The van der Waals surface area contributed by atoms with E-state index in [1.807, 2.05) is 30.3 Å². The minimum atomic E-state index is -0.701. The average Bonchev–Trinajstić information content (AvgIpc) is 2.31. The fourth-order valence-corrected chi connectivity index (χ4v) is 0.996. The summed E-state index contributed by atoms with van der Waals surface area (Å²) in [5.41, 5.74) is 0.732. The lowest BCUT2D eigenvalue weighted by molar-refractivity contribution is -0.132. The molecule has 0 aliphatic heterocycles. The Morgan fingerprint density at radius 3 is 2.67 bits per heavy atom. The molecule has 0 aromatic heterocycles. The van der Waals surface area contributed by atoms with Crippen molar-refractivity contribution in [1.29, 1.82) is 5.26 Å². The molecule has 4 heteroatoms. The van der Waals surface area contributed by atoms with Crippen molar-refractivity contribution in [2.75, 3.05) is 7.11 Å². The highest BCUT2D eigenvalue weighted by Crippen LogP contribution is 2.00. The van der Waals surface area contributed by atoms with Gasteiger partial charge >= 0.3 is 5.97 Å². The second-order valence-electron chi connectivity index (χ2n) is 2.75. The molecule has 1 rings (SSSR count). The minimum Gasteiger partial charge on any atom is -0.464 e. The normalized spacial score (nSPS) is 10.5. The standard InChI is InChI=1S/C11H10N2O2/c1-15-11(14)10(7-12)13-8-9-5-3-2-4-6-9/h2-6H,8H2,1H3. The summed E-state index contributed by atoms with van der Waals surface area (Å²) in [5.74, 6) is -0.701. The highest BCUT2D eigenvalue weighted by atomic mass is 16.5. The van der Waals surface area contributed by atoms with Gasteiger partial charge in [-0.2, -0.15) is 5.26 Å². The first-order valence-electron chi connectivity index (χ1n) is 4.34. The first-order valence-corrected chi connectivity index (χ1v) is 4.34. The number of nitriles is 1. The zero-order valence-corrected chi connectivity index (χ0v) is 8.30. The van der Waals surface area contributed by atoms with Crippen molar-refractivity contribution in [3.63, 3.8) is 0 Å². The molecule has 1 aromatic rings. The maximum absolute atomic E-state index is 11.0. The molecular weight excluding hydrogens is 192 g/mol. The lowest BCUT2D eigenvalue weighted by atomic mass is 10.2. The number of rotatable bonds is 3. The Hall–Kier alpha value is -2.15. The van der Waals surface area contributed by atoms with Crippen LogP contribution in [-0.4, -0.2) is 18.8 Å². The van der Waals surface area contributed by atoms with Gasteiger partial charge in [-0.3, -0.25) is 4.99 Å². The predicted molar refractivity (Wildman–Crippen MR) is 55.2 cm³/mol. The maximum atomic E-state index is 11.0. The minimum absolute atomic E-state index is 0.207. The molecule has 0 bridgehead atoms. The summed E-state index contributed by atoms with van der Waals surface area (Å²) in [7, 11) is 1.22. The Labute approximate surface area is 87.8 Å². The number of ether oxygens (including phenoxy) is 1. The summed E-state index contributed by atoms with van der Waals surface area (Å²) in [4.78, 5) is 14.9. The van der Waals surface area contributed by atoms with Crippen molar-refractivity contribution in [2.24, 2.45) is 4.99 Å². The average molecular weight is 202 g/mol. The van der Waals surface area contributed by atoms with Crippen LogP contribution in [0.5, 0.6) is 0 Å². The number of nitrogens with zero attached hydrogens (tertiary/aromatic N) is 2. The number of methoxy groups -OCH3 is 1. The number of hydrogen-bond donors (Lipinski definition) is 0. The van der Waals surface area contributed by atoms with E-state index >= 15 is 0 Å². The molecule has 0 N–H and O–H groups in total. The Morgan fingerprint density at radius 2 is 2.13 bits per heavy atom. The van der Waals surface area contributed by atoms with Crippen LogP contribution < -0.4 is 0 Å². The molecule has 0 aliphatic carbocycles. The number of benzene rings is 1. The Kier molecular flexibility index (Phi) is 4.05. The quantitative estimate of drug-likeness (QED) is 0.548. The van der Waals surface area contributed by atoms with Gasteiger partial charge in [0.25, 0.3) is 0 Å². The zero-order chi connectivity index (χ0) is 11.1. The van der Waals surface area contributed by atoms with Gasteiger partial charge < -0.3 is 4.74 Å². The monoisotopic (exact) mass is 202 g/mol. The van der Waals surface area contributed by atoms with Gasteiger partial charge in [0.05, 0.1) is 13.7 Å². The molecule has 0 radical (unpaired) electrons.